The Morgan fingerprint density at radius 2 is 1.48 bits per heavy atom. The number of hydrogen-bond donors (Lipinski definition) is 1. The fourth-order valence-corrected chi connectivity index (χ4v) is 2.50. The molecule has 21 heavy (non-hydrogen) atoms. The smallest absolute Gasteiger partial charge is 0.221 e. The zero-order valence-electron chi connectivity index (χ0n) is 14.2. The molecule has 2 N–H and O–H groups in total. The van der Waals surface area contributed by atoms with Crippen LogP contribution < -0.4 is 5.73 Å². The van der Waals surface area contributed by atoms with Gasteiger partial charge in [0, 0.05) is 6.42 Å². The van der Waals surface area contributed by atoms with E-state index in [1.807, 2.05) is 6.08 Å². The molecule has 0 saturated carbocycles. The van der Waals surface area contributed by atoms with E-state index in [1.165, 1.54) is 22.3 Å². The Morgan fingerprint density at radius 1 is 1.00 bits per heavy atom. The van der Waals surface area contributed by atoms with Crippen LogP contribution in [0.5, 0.6) is 0 Å². The normalized spacial score (nSPS) is 12.0. The van der Waals surface area contributed by atoms with Gasteiger partial charge in [-0.2, -0.15) is 0 Å². The molecule has 0 unspecified atom stereocenters. The van der Waals surface area contributed by atoms with Crippen molar-refractivity contribution in [3.63, 3.8) is 0 Å². The first-order valence-electron chi connectivity index (χ1n) is 7.86. The molecule has 0 spiro atoms. The summed E-state index contributed by atoms with van der Waals surface area (Å²) < 4.78 is 0. The van der Waals surface area contributed by atoms with Gasteiger partial charge >= 0.3 is 0 Å². The van der Waals surface area contributed by atoms with E-state index in [2.05, 4.69) is 59.8 Å². The molecule has 1 aromatic rings. The van der Waals surface area contributed by atoms with E-state index >= 15 is 0 Å². The van der Waals surface area contributed by atoms with Crippen molar-refractivity contribution in [2.75, 3.05) is 0 Å². The van der Waals surface area contributed by atoms with E-state index in [-0.39, 0.29) is 5.91 Å². The lowest BCUT2D eigenvalue weighted by Gasteiger charge is -2.21. The Bertz CT molecular complexity index is 495. The first-order valence-corrected chi connectivity index (χ1v) is 7.86. The number of primary amides is 1. The van der Waals surface area contributed by atoms with Crippen molar-refractivity contribution in [1.82, 2.24) is 0 Å². The maximum Gasteiger partial charge on any atom is 0.221 e. The van der Waals surface area contributed by atoms with Gasteiger partial charge in [0.2, 0.25) is 5.91 Å². The second kappa shape index (κ2) is 7.44. The van der Waals surface area contributed by atoms with Crippen molar-refractivity contribution in [1.29, 1.82) is 0 Å². The minimum atomic E-state index is -0.290. The molecule has 0 aliphatic rings. The maximum atomic E-state index is 10.9. The highest BCUT2D eigenvalue weighted by Gasteiger charge is 2.15. The second-order valence-corrected chi connectivity index (χ2v) is 6.65. The Kier molecular flexibility index (Phi) is 6.19. The zero-order valence-corrected chi connectivity index (χ0v) is 14.2. The van der Waals surface area contributed by atoms with Crippen LogP contribution >= 0.6 is 0 Å². The predicted octanol–water partition coefficient (Wildman–Crippen LogP) is 4.95. The lowest BCUT2D eigenvalue weighted by Crippen LogP contribution is -2.08. The Balaban J connectivity index is 3.42. The van der Waals surface area contributed by atoms with Crippen molar-refractivity contribution >= 4 is 12.0 Å². The average molecular weight is 287 g/mol. The summed E-state index contributed by atoms with van der Waals surface area (Å²) >= 11 is 0. The molecule has 0 aliphatic carbocycles. The summed E-state index contributed by atoms with van der Waals surface area (Å²) in [4.78, 5) is 10.9. The number of rotatable bonds is 6. The fraction of sp³-hybridized carbons (Fsp3) is 0.526. The summed E-state index contributed by atoms with van der Waals surface area (Å²) in [5.74, 6) is 1.13. The molecule has 0 atom stereocenters. The monoisotopic (exact) mass is 287 g/mol. The van der Waals surface area contributed by atoms with Crippen molar-refractivity contribution in [2.45, 2.75) is 65.7 Å². The van der Waals surface area contributed by atoms with Crippen LogP contribution in [0.3, 0.4) is 0 Å². The van der Waals surface area contributed by atoms with Crippen molar-refractivity contribution in [3.8, 4) is 0 Å². The van der Waals surface area contributed by atoms with E-state index in [4.69, 9.17) is 5.73 Å². The molecule has 116 valence electrons. The van der Waals surface area contributed by atoms with Crippen LogP contribution in [0.1, 0.15) is 88.0 Å². The third-order valence-corrected chi connectivity index (χ3v) is 3.78. The minimum absolute atomic E-state index is 0.290. The lowest BCUT2D eigenvalue weighted by atomic mass is 9.84. The molecular weight excluding hydrogens is 258 g/mol. The van der Waals surface area contributed by atoms with E-state index < -0.39 is 0 Å². The first-order chi connectivity index (χ1) is 9.73. The summed E-state index contributed by atoms with van der Waals surface area (Å²) in [7, 11) is 0. The van der Waals surface area contributed by atoms with Gasteiger partial charge in [0.05, 0.1) is 0 Å². The van der Waals surface area contributed by atoms with Gasteiger partial charge in [-0.1, -0.05) is 65.8 Å². The number of carbonyl (C=O) groups excluding carboxylic acids is 1. The van der Waals surface area contributed by atoms with Crippen LogP contribution in [0.15, 0.2) is 18.2 Å². The van der Waals surface area contributed by atoms with E-state index in [9.17, 15) is 4.79 Å². The number of nitrogens with two attached hydrogens (primary N) is 1. The highest BCUT2D eigenvalue weighted by molar-refractivity contribution is 5.77. The molecule has 2 heteroatoms. The third kappa shape index (κ3) is 4.73. The Labute approximate surface area is 129 Å². The van der Waals surface area contributed by atoms with Crippen molar-refractivity contribution in [2.24, 2.45) is 5.73 Å². The maximum absolute atomic E-state index is 10.9. The topological polar surface area (TPSA) is 43.1 Å². The van der Waals surface area contributed by atoms with Crippen LogP contribution in [0.2, 0.25) is 0 Å². The third-order valence-electron chi connectivity index (χ3n) is 3.78. The predicted molar refractivity (Wildman–Crippen MR) is 91.6 cm³/mol. The molecule has 0 bridgehead atoms. The molecule has 0 fully saturated rings. The molecule has 0 saturated heterocycles. The summed E-state index contributed by atoms with van der Waals surface area (Å²) in [6.07, 6.45) is 4.24. The number of benzene rings is 1. The van der Waals surface area contributed by atoms with Crippen molar-refractivity contribution < 1.29 is 4.79 Å². The lowest BCUT2D eigenvalue weighted by molar-refractivity contribution is -0.117. The van der Waals surface area contributed by atoms with E-state index in [0.29, 0.717) is 24.2 Å². The second-order valence-electron chi connectivity index (χ2n) is 6.65. The summed E-state index contributed by atoms with van der Waals surface area (Å²) in [6, 6.07) is 4.62. The zero-order chi connectivity index (χ0) is 16.2. The van der Waals surface area contributed by atoms with Gasteiger partial charge in [0.25, 0.3) is 0 Å². The summed E-state index contributed by atoms with van der Waals surface area (Å²) in [5.41, 5.74) is 10.6. The van der Waals surface area contributed by atoms with E-state index in [0.717, 1.165) is 0 Å². The van der Waals surface area contributed by atoms with Gasteiger partial charge < -0.3 is 5.73 Å². The highest BCUT2D eigenvalue weighted by Crippen LogP contribution is 2.32. The van der Waals surface area contributed by atoms with Gasteiger partial charge in [-0.3, -0.25) is 4.79 Å². The van der Waals surface area contributed by atoms with Gasteiger partial charge in [-0.05, 0) is 40.0 Å². The molecule has 0 heterocycles. The largest absolute Gasteiger partial charge is 0.369 e. The quantitative estimate of drug-likeness (QED) is 0.790. The molecule has 0 aromatic heterocycles. The highest BCUT2D eigenvalue weighted by atomic mass is 16.1. The minimum Gasteiger partial charge on any atom is -0.369 e. The van der Waals surface area contributed by atoms with Crippen LogP contribution in [0.4, 0.5) is 0 Å². The summed E-state index contributed by atoms with van der Waals surface area (Å²) in [6.45, 7) is 13.3. The van der Waals surface area contributed by atoms with Crippen molar-refractivity contribution in [3.05, 3.63) is 40.5 Å². The molecule has 1 rings (SSSR count). The number of carbonyl (C=O) groups is 1. The van der Waals surface area contributed by atoms with E-state index in [1.54, 1.807) is 0 Å². The Morgan fingerprint density at radius 3 is 1.81 bits per heavy atom. The van der Waals surface area contributed by atoms with Gasteiger partial charge in [0.1, 0.15) is 0 Å². The van der Waals surface area contributed by atoms with Gasteiger partial charge in [-0.15, -0.1) is 0 Å². The van der Waals surface area contributed by atoms with Crippen LogP contribution in [0.25, 0.3) is 6.08 Å². The van der Waals surface area contributed by atoms with Crippen LogP contribution in [-0.4, -0.2) is 5.91 Å². The molecule has 0 radical (unpaired) electrons. The molecule has 1 amide bonds. The van der Waals surface area contributed by atoms with Gasteiger partial charge in [-0.25, -0.2) is 0 Å². The van der Waals surface area contributed by atoms with Crippen LogP contribution in [-0.2, 0) is 4.79 Å². The first kappa shape index (κ1) is 17.5. The average Bonchev–Trinajstić information content (AvgIpc) is 2.37. The number of amides is 1. The van der Waals surface area contributed by atoms with Crippen LogP contribution in [0, 0.1) is 0 Å². The summed E-state index contributed by atoms with van der Waals surface area (Å²) in [5, 5.41) is 0. The molecular formula is C19H29NO. The number of hydrogen-bond acceptors (Lipinski definition) is 1. The fourth-order valence-electron chi connectivity index (χ4n) is 2.50. The molecule has 1 aromatic carbocycles. The SMILES string of the molecule is CC(C)c1cc(C(C)C)c(C=CCC(N)=O)c(C(C)C)c1. The molecule has 0 aliphatic heterocycles. The molecule has 2 nitrogen and oxygen atoms in total. The standard InChI is InChI=1S/C19H29NO/c1-12(2)15-10-17(13(3)4)16(8-7-9-19(20)21)18(11-15)14(5)6/h7-8,10-14H,9H2,1-6H3,(H2,20,21). The van der Waals surface area contributed by atoms with Gasteiger partial charge in [0.15, 0.2) is 0 Å². The Hall–Kier alpha value is -1.57.